The standard InChI is InChI=1S/C23H24FN5O/c1-3-17-9-15(12-25)22-19(27-17)6-4-5-14-7-8-16(24)10-18(14)13(2)30-21-11-20(22)28-29-23(21)26/h7-8,10-11,13,17H,3-6,9H2,1-2H3,(H2,26,29). The van der Waals surface area contributed by atoms with Crippen LogP contribution in [0.2, 0.25) is 0 Å². The summed E-state index contributed by atoms with van der Waals surface area (Å²) in [6.45, 7) is 3.94. The molecule has 2 aromatic rings. The lowest BCUT2D eigenvalue weighted by Crippen LogP contribution is -2.20. The van der Waals surface area contributed by atoms with Gasteiger partial charge in [-0.15, -0.1) is 10.2 Å². The Balaban J connectivity index is 1.87. The maximum Gasteiger partial charge on any atom is 0.188 e. The summed E-state index contributed by atoms with van der Waals surface area (Å²) in [6, 6.07) is 8.96. The third-order valence-electron chi connectivity index (χ3n) is 5.73. The zero-order valence-electron chi connectivity index (χ0n) is 17.2. The molecule has 0 spiro atoms. The van der Waals surface area contributed by atoms with Gasteiger partial charge in [0.15, 0.2) is 11.6 Å². The molecule has 30 heavy (non-hydrogen) atoms. The molecule has 0 saturated carbocycles. The van der Waals surface area contributed by atoms with Crippen LogP contribution < -0.4 is 10.5 Å². The molecule has 2 unspecified atom stereocenters. The lowest BCUT2D eigenvalue weighted by Gasteiger charge is -2.25. The molecule has 2 aliphatic rings. The van der Waals surface area contributed by atoms with E-state index in [1.54, 1.807) is 6.07 Å². The van der Waals surface area contributed by atoms with Crippen LogP contribution in [0.15, 0.2) is 34.8 Å². The average molecular weight is 405 g/mol. The highest BCUT2D eigenvalue weighted by Crippen LogP contribution is 2.35. The van der Waals surface area contributed by atoms with Gasteiger partial charge in [-0.25, -0.2) is 4.39 Å². The summed E-state index contributed by atoms with van der Waals surface area (Å²) in [7, 11) is 0. The minimum Gasteiger partial charge on any atom is -0.482 e. The Morgan fingerprint density at radius 1 is 1.27 bits per heavy atom. The molecule has 0 aliphatic carbocycles. The number of ether oxygens (including phenoxy) is 1. The predicted octanol–water partition coefficient (Wildman–Crippen LogP) is 4.57. The predicted molar refractivity (Wildman–Crippen MR) is 113 cm³/mol. The fourth-order valence-electron chi connectivity index (χ4n) is 4.14. The van der Waals surface area contributed by atoms with Gasteiger partial charge in [0.25, 0.3) is 0 Å². The molecule has 3 heterocycles. The first kappa shape index (κ1) is 20.0. The summed E-state index contributed by atoms with van der Waals surface area (Å²) in [6.07, 6.45) is 3.31. The van der Waals surface area contributed by atoms with Crippen molar-refractivity contribution in [1.82, 2.24) is 10.2 Å². The Morgan fingerprint density at radius 3 is 2.87 bits per heavy atom. The number of hydrogen-bond acceptors (Lipinski definition) is 6. The van der Waals surface area contributed by atoms with Gasteiger partial charge in [-0.05, 0) is 55.9 Å². The highest BCUT2D eigenvalue weighted by atomic mass is 19.1. The summed E-state index contributed by atoms with van der Waals surface area (Å²) in [5.74, 6) is 0.217. The average Bonchev–Trinajstić information content (AvgIpc) is 2.75. The Hall–Kier alpha value is -3.27. The van der Waals surface area contributed by atoms with Crippen LogP contribution in [0.5, 0.6) is 5.75 Å². The number of allylic oxidation sites excluding steroid dienone is 1. The van der Waals surface area contributed by atoms with Crippen molar-refractivity contribution in [1.29, 1.82) is 5.26 Å². The van der Waals surface area contributed by atoms with Crippen molar-refractivity contribution >= 4 is 17.1 Å². The van der Waals surface area contributed by atoms with E-state index in [1.165, 1.54) is 12.1 Å². The van der Waals surface area contributed by atoms with Gasteiger partial charge in [-0.3, -0.25) is 4.99 Å². The molecule has 1 aromatic carbocycles. The van der Waals surface area contributed by atoms with E-state index in [9.17, 15) is 9.65 Å². The number of nitrogen functional groups attached to an aromatic ring is 1. The number of dihydropyridines is 1. The molecule has 2 atom stereocenters. The lowest BCUT2D eigenvalue weighted by atomic mass is 9.88. The first-order chi connectivity index (χ1) is 14.5. The molecular weight excluding hydrogens is 381 g/mol. The van der Waals surface area contributed by atoms with E-state index in [0.717, 1.165) is 41.7 Å². The van der Waals surface area contributed by atoms with Gasteiger partial charge in [0.1, 0.15) is 11.9 Å². The summed E-state index contributed by atoms with van der Waals surface area (Å²) < 4.78 is 20.0. The topological polar surface area (TPSA) is 97.2 Å². The van der Waals surface area contributed by atoms with Gasteiger partial charge >= 0.3 is 0 Å². The SMILES string of the molecule is CCC1CC(C#N)=C2C(=N1)CCCc1ccc(F)cc1C(C)Oc1cc2nnc1N. The summed E-state index contributed by atoms with van der Waals surface area (Å²) >= 11 is 0. The van der Waals surface area contributed by atoms with Crippen LogP contribution in [0.25, 0.3) is 5.57 Å². The van der Waals surface area contributed by atoms with Gasteiger partial charge < -0.3 is 10.5 Å². The second-order valence-electron chi connectivity index (χ2n) is 7.74. The van der Waals surface area contributed by atoms with E-state index in [2.05, 4.69) is 23.2 Å². The third-order valence-corrected chi connectivity index (χ3v) is 5.73. The minimum absolute atomic E-state index is 0.0881. The number of benzene rings is 1. The third kappa shape index (κ3) is 3.78. The number of aliphatic imine (C=N–C) groups is 1. The molecule has 0 radical (unpaired) electrons. The second-order valence-corrected chi connectivity index (χ2v) is 7.74. The largest absolute Gasteiger partial charge is 0.482 e. The van der Waals surface area contributed by atoms with Crippen LogP contribution in [0.3, 0.4) is 0 Å². The number of aromatic nitrogens is 2. The highest BCUT2D eigenvalue weighted by molar-refractivity contribution is 6.25. The van der Waals surface area contributed by atoms with Gasteiger partial charge in [0.05, 0.1) is 17.8 Å². The molecule has 2 aliphatic heterocycles. The van der Waals surface area contributed by atoms with Crippen molar-refractivity contribution in [2.24, 2.45) is 4.99 Å². The molecule has 4 rings (SSSR count). The normalized spacial score (nSPS) is 21.2. The number of halogens is 1. The van der Waals surface area contributed by atoms with Crippen LogP contribution in [0.1, 0.15) is 62.5 Å². The number of hydrogen-bond donors (Lipinski definition) is 1. The molecular formula is C23H24FN5O. The van der Waals surface area contributed by atoms with Gasteiger partial charge in [0, 0.05) is 29.3 Å². The molecule has 154 valence electrons. The number of nitrogens with two attached hydrogens (primary N) is 1. The fourth-order valence-corrected chi connectivity index (χ4v) is 4.14. The van der Waals surface area contributed by atoms with Crippen molar-refractivity contribution in [2.75, 3.05) is 5.73 Å². The first-order valence-corrected chi connectivity index (χ1v) is 10.3. The Morgan fingerprint density at radius 2 is 2.10 bits per heavy atom. The van der Waals surface area contributed by atoms with Gasteiger partial charge in [-0.1, -0.05) is 13.0 Å². The number of anilines is 1. The second kappa shape index (κ2) is 8.23. The van der Waals surface area contributed by atoms with E-state index in [-0.39, 0.29) is 17.7 Å². The molecule has 6 nitrogen and oxygen atoms in total. The maximum absolute atomic E-state index is 13.9. The zero-order valence-corrected chi connectivity index (χ0v) is 17.2. The zero-order chi connectivity index (χ0) is 21.3. The molecule has 2 N–H and O–H groups in total. The van der Waals surface area contributed by atoms with Crippen LogP contribution in [0, 0.1) is 17.1 Å². The van der Waals surface area contributed by atoms with Crippen molar-refractivity contribution < 1.29 is 9.13 Å². The Bertz CT molecular complexity index is 1090. The van der Waals surface area contributed by atoms with Crippen molar-refractivity contribution in [3.05, 3.63) is 52.5 Å². The minimum atomic E-state index is -0.414. The Kier molecular flexibility index (Phi) is 5.49. The number of nitrogens with zero attached hydrogens (tertiary/aromatic N) is 4. The van der Waals surface area contributed by atoms with E-state index < -0.39 is 6.10 Å². The monoisotopic (exact) mass is 405 g/mol. The quantitative estimate of drug-likeness (QED) is 0.749. The number of fused-ring (bicyclic) bond motifs is 5. The molecule has 0 saturated heterocycles. The van der Waals surface area contributed by atoms with Crippen molar-refractivity contribution in [3.8, 4) is 11.8 Å². The maximum atomic E-state index is 13.9. The van der Waals surface area contributed by atoms with Crippen LogP contribution in [-0.2, 0) is 6.42 Å². The van der Waals surface area contributed by atoms with E-state index in [1.807, 2.05) is 13.0 Å². The number of aryl methyl sites for hydroxylation is 1. The number of rotatable bonds is 1. The van der Waals surface area contributed by atoms with E-state index >= 15 is 0 Å². The summed E-state index contributed by atoms with van der Waals surface area (Å²) in [5, 5.41) is 18.1. The van der Waals surface area contributed by atoms with E-state index in [4.69, 9.17) is 15.5 Å². The van der Waals surface area contributed by atoms with Crippen LogP contribution in [0.4, 0.5) is 10.2 Å². The Labute approximate surface area is 175 Å². The van der Waals surface area contributed by atoms with Crippen LogP contribution in [-0.4, -0.2) is 22.0 Å². The molecule has 1 aromatic heterocycles. The first-order valence-electron chi connectivity index (χ1n) is 10.3. The van der Waals surface area contributed by atoms with Crippen molar-refractivity contribution in [2.45, 2.75) is 58.1 Å². The number of nitriles is 1. The smallest absolute Gasteiger partial charge is 0.188 e. The van der Waals surface area contributed by atoms with Crippen molar-refractivity contribution in [3.63, 3.8) is 0 Å². The molecule has 0 amide bonds. The summed E-state index contributed by atoms with van der Waals surface area (Å²) in [5.41, 5.74) is 10.7. The fraction of sp³-hybridized carbons (Fsp3) is 0.391. The molecule has 0 fully saturated rings. The van der Waals surface area contributed by atoms with E-state index in [0.29, 0.717) is 29.9 Å². The summed E-state index contributed by atoms with van der Waals surface area (Å²) in [4.78, 5) is 4.92. The lowest BCUT2D eigenvalue weighted by molar-refractivity contribution is 0.225. The van der Waals surface area contributed by atoms with Gasteiger partial charge in [-0.2, -0.15) is 5.26 Å². The highest BCUT2D eigenvalue weighted by Gasteiger charge is 2.27. The molecule has 2 bridgehead atoms. The van der Waals surface area contributed by atoms with Crippen LogP contribution >= 0.6 is 0 Å². The van der Waals surface area contributed by atoms with Gasteiger partial charge in [0.2, 0.25) is 0 Å². The molecule has 7 heteroatoms.